The summed E-state index contributed by atoms with van der Waals surface area (Å²) in [5.74, 6) is -1.43. The van der Waals surface area contributed by atoms with Crippen LogP contribution in [-0.2, 0) is 9.47 Å². The van der Waals surface area contributed by atoms with Gasteiger partial charge in [0.15, 0.2) is 0 Å². The van der Waals surface area contributed by atoms with Crippen LogP contribution in [0.4, 0.5) is 10.1 Å². The second-order valence-corrected chi connectivity index (χ2v) is 3.81. The predicted octanol–water partition coefficient (Wildman–Crippen LogP) is 2.38. The number of ether oxygens (including phenoxy) is 2. The van der Waals surface area contributed by atoms with E-state index < -0.39 is 11.8 Å². The first-order chi connectivity index (χ1) is 8.66. The highest BCUT2D eigenvalue weighted by Crippen LogP contribution is 2.16. The monoisotopic (exact) mass is 255 g/mol. The maximum Gasteiger partial charge on any atom is 0.343 e. The summed E-state index contributed by atoms with van der Waals surface area (Å²) in [6.45, 7) is 3.09. The number of anilines is 1. The molecule has 0 amide bonds. The van der Waals surface area contributed by atoms with Crippen molar-refractivity contribution in [1.29, 1.82) is 0 Å². The molecular formula is C13H18FNO3. The van der Waals surface area contributed by atoms with Crippen molar-refractivity contribution in [1.82, 2.24) is 0 Å². The minimum absolute atomic E-state index is 0.0758. The maximum atomic E-state index is 13.4. The van der Waals surface area contributed by atoms with Crippen LogP contribution in [0.3, 0.4) is 0 Å². The Balaban J connectivity index is 2.37. The number of nitrogens with two attached hydrogens (primary N) is 1. The van der Waals surface area contributed by atoms with E-state index in [0.29, 0.717) is 13.2 Å². The molecule has 0 atom stereocenters. The lowest BCUT2D eigenvalue weighted by Crippen LogP contribution is -2.14. The third-order valence-corrected chi connectivity index (χ3v) is 2.35. The number of benzene rings is 1. The van der Waals surface area contributed by atoms with Gasteiger partial charge in [-0.05, 0) is 18.6 Å². The third-order valence-electron chi connectivity index (χ3n) is 2.35. The Kier molecular flexibility index (Phi) is 6.14. The fourth-order valence-corrected chi connectivity index (χ4v) is 1.37. The van der Waals surface area contributed by atoms with Gasteiger partial charge in [0.25, 0.3) is 0 Å². The van der Waals surface area contributed by atoms with E-state index in [1.54, 1.807) is 0 Å². The SMILES string of the molecule is CCCCOCCOC(=O)c1c(N)cccc1F. The zero-order valence-electron chi connectivity index (χ0n) is 10.4. The molecule has 0 unspecified atom stereocenters. The van der Waals surface area contributed by atoms with Crippen LogP contribution >= 0.6 is 0 Å². The Labute approximate surface area is 106 Å². The molecular weight excluding hydrogens is 237 g/mol. The summed E-state index contributed by atoms with van der Waals surface area (Å²) in [5.41, 5.74) is 5.38. The highest BCUT2D eigenvalue weighted by Gasteiger charge is 2.16. The van der Waals surface area contributed by atoms with E-state index in [4.69, 9.17) is 15.2 Å². The van der Waals surface area contributed by atoms with Crippen LogP contribution < -0.4 is 5.73 Å². The first kappa shape index (κ1) is 14.4. The van der Waals surface area contributed by atoms with E-state index in [1.165, 1.54) is 18.2 Å². The average Bonchev–Trinajstić information content (AvgIpc) is 2.33. The number of hydrogen-bond acceptors (Lipinski definition) is 4. The molecule has 0 heterocycles. The van der Waals surface area contributed by atoms with E-state index in [1.807, 2.05) is 0 Å². The Bertz CT molecular complexity index is 376. The van der Waals surface area contributed by atoms with Crippen LogP contribution in [0.5, 0.6) is 0 Å². The van der Waals surface area contributed by atoms with Crippen LogP contribution in [0.15, 0.2) is 18.2 Å². The highest BCUT2D eigenvalue weighted by molar-refractivity contribution is 5.95. The number of unbranched alkanes of at least 4 members (excludes halogenated alkanes) is 1. The molecule has 0 aliphatic carbocycles. The second kappa shape index (κ2) is 7.66. The summed E-state index contributed by atoms with van der Waals surface area (Å²) in [5, 5.41) is 0. The van der Waals surface area contributed by atoms with Crippen LogP contribution in [0.1, 0.15) is 30.1 Å². The summed E-state index contributed by atoms with van der Waals surface area (Å²) in [4.78, 5) is 11.6. The standard InChI is InChI=1S/C13H18FNO3/c1-2-3-7-17-8-9-18-13(16)12-10(14)5-4-6-11(12)15/h4-6H,2-3,7-9,15H2,1H3. The van der Waals surface area contributed by atoms with Gasteiger partial charge in [-0.3, -0.25) is 0 Å². The minimum Gasteiger partial charge on any atom is -0.460 e. The smallest absolute Gasteiger partial charge is 0.343 e. The number of nitrogen functional groups attached to an aromatic ring is 1. The summed E-state index contributed by atoms with van der Waals surface area (Å²) < 4.78 is 23.5. The van der Waals surface area contributed by atoms with Gasteiger partial charge in [0.1, 0.15) is 18.0 Å². The predicted molar refractivity (Wildman–Crippen MR) is 66.8 cm³/mol. The summed E-state index contributed by atoms with van der Waals surface area (Å²) in [6.07, 6.45) is 2.01. The zero-order valence-corrected chi connectivity index (χ0v) is 10.4. The van der Waals surface area contributed by atoms with Gasteiger partial charge in [-0.25, -0.2) is 9.18 Å². The molecule has 1 aromatic rings. The molecule has 100 valence electrons. The molecule has 2 N–H and O–H groups in total. The van der Waals surface area contributed by atoms with Crippen molar-refractivity contribution in [3.8, 4) is 0 Å². The number of rotatable bonds is 7. The largest absolute Gasteiger partial charge is 0.460 e. The van der Waals surface area contributed by atoms with Gasteiger partial charge in [0.2, 0.25) is 0 Å². The number of hydrogen-bond donors (Lipinski definition) is 1. The lowest BCUT2D eigenvalue weighted by Gasteiger charge is -2.08. The van der Waals surface area contributed by atoms with Gasteiger partial charge < -0.3 is 15.2 Å². The van der Waals surface area contributed by atoms with Gasteiger partial charge in [0, 0.05) is 12.3 Å². The summed E-state index contributed by atoms with van der Waals surface area (Å²) in [7, 11) is 0. The van der Waals surface area contributed by atoms with Gasteiger partial charge in [0.05, 0.1) is 6.61 Å². The fraction of sp³-hybridized carbons (Fsp3) is 0.462. The minimum atomic E-state index is -0.760. The molecule has 0 saturated heterocycles. The Morgan fingerprint density at radius 1 is 1.33 bits per heavy atom. The quantitative estimate of drug-likeness (QED) is 0.461. The first-order valence-corrected chi connectivity index (χ1v) is 5.95. The zero-order chi connectivity index (χ0) is 13.4. The fourth-order valence-electron chi connectivity index (χ4n) is 1.37. The molecule has 0 aromatic heterocycles. The van der Waals surface area contributed by atoms with E-state index >= 15 is 0 Å². The van der Waals surface area contributed by atoms with Crippen LogP contribution in [-0.4, -0.2) is 25.8 Å². The van der Waals surface area contributed by atoms with Gasteiger partial charge in [-0.15, -0.1) is 0 Å². The molecule has 0 bridgehead atoms. The molecule has 1 rings (SSSR count). The lowest BCUT2D eigenvalue weighted by molar-refractivity contribution is 0.0310. The van der Waals surface area contributed by atoms with Crippen molar-refractivity contribution in [3.63, 3.8) is 0 Å². The van der Waals surface area contributed by atoms with E-state index in [2.05, 4.69) is 6.92 Å². The van der Waals surface area contributed by atoms with Crippen LogP contribution in [0, 0.1) is 5.82 Å². The molecule has 0 saturated carbocycles. The first-order valence-electron chi connectivity index (χ1n) is 5.95. The number of carbonyl (C=O) groups is 1. The van der Waals surface area contributed by atoms with Crippen molar-refractivity contribution in [2.45, 2.75) is 19.8 Å². The van der Waals surface area contributed by atoms with Gasteiger partial charge in [-0.1, -0.05) is 19.4 Å². The molecule has 5 heteroatoms. The Morgan fingerprint density at radius 2 is 2.11 bits per heavy atom. The summed E-state index contributed by atoms with van der Waals surface area (Å²) in [6, 6.07) is 4.07. The topological polar surface area (TPSA) is 61.5 Å². The van der Waals surface area contributed by atoms with E-state index in [-0.39, 0.29) is 17.9 Å². The Morgan fingerprint density at radius 3 is 2.78 bits per heavy atom. The molecule has 0 aliphatic heterocycles. The highest BCUT2D eigenvalue weighted by atomic mass is 19.1. The van der Waals surface area contributed by atoms with E-state index in [9.17, 15) is 9.18 Å². The average molecular weight is 255 g/mol. The third kappa shape index (κ3) is 4.33. The van der Waals surface area contributed by atoms with Crippen molar-refractivity contribution in [3.05, 3.63) is 29.6 Å². The molecule has 0 fully saturated rings. The van der Waals surface area contributed by atoms with Gasteiger partial charge in [-0.2, -0.15) is 0 Å². The maximum absolute atomic E-state index is 13.4. The number of esters is 1. The van der Waals surface area contributed by atoms with Crippen LogP contribution in [0.25, 0.3) is 0 Å². The lowest BCUT2D eigenvalue weighted by atomic mass is 10.2. The van der Waals surface area contributed by atoms with Crippen molar-refractivity contribution in [2.24, 2.45) is 0 Å². The van der Waals surface area contributed by atoms with E-state index in [0.717, 1.165) is 12.8 Å². The normalized spacial score (nSPS) is 10.3. The molecule has 1 aromatic carbocycles. The Hall–Kier alpha value is -1.62. The van der Waals surface area contributed by atoms with Crippen molar-refractivity contribution in [2.75, 3.05) is 25.6 Å². The number of carbonyl (C=O) groups excluding carboxylic acids is 1. The molecule has 0 radical (unpaired) electrons. The number of halogens is 1. The molecule has 0 spiro atoms. The summed E-state index contributed by atoms with van der Waals surface area (Å²) >= 11 is 0. The molecule has 4 nitrogen and oxygen atoms in total. The molecule has 18 heavy (non-hydrogen) atoms. The van der Waals surface area contributed by atoms with Crippen molar-refractivity contribution >= 4 is 11.7 Å². The second-order valence-electron chi connectivity index (χ2n) is 3.81. The van der Waals surface area contributed by atoms with Crippen LogP contribution in [0.2, 0.25) is 0 Å². The van der Waals surface area contributed by atoms with Gasteiger partial charge >= 0.3 is 5.97 Å². The molecule has 0 aliphatic rings. The van der Waals surface area contributed by atoms with Crippen molar-refractivity contribution < 1.29 is 18.7 Å².